The number of hydrogen-bond donors (Lipinski definition) is 3. The van der Waals surface area contributed by atoms with E-state index in [0.29, 0.717) is 11.0 Å². The van der Waals surface area contributed by atoms with Gasteiger partial charge in [0.05, 0.1) is 5.69 Å². The Hall–Kier alpha value is -3.04. The number of carboxylic acids is 1. The van der Waals surface area contributed by atoms with Crippen molar-refractivity contribution >= 4 is 29.5 Å². The minimum Gasteiger partial charge on any atom is -0.481 e. The molecule has 1 aromatic rings. The van der Waals surface area contributed by atoms with E-state index in [0.717, 1.165) is 12.1 Å². The number of amides is 4. The van der Waals surface area contributed by atoms with E-state index in [-0.39, 0.29) is 31.4 Å². The fraction of sp³-hybridized carbons (Fsp3) is 0.444. The summed E-state index contributed by atoms with van der Waals surface area (Å²) in [6.45, 7) is 3.35. The second-order valence-corrected chi connectivity index (χ2v) is 7.14. The number of carbonyl (C=O) groups excluding carboxylic acids is 3. The van der Waals surface area contributed by atoms with Crippen LogP contribution in [-0.2, 0) is 14.4 Å². The second kappa shape index (κ2) is 8.32. The average molecular weight is 397 g/mol. The van der Waals surface area contributed by atoms with Crippen molar-refractivity contribution in [3.05, 3.63) is 29.8 Å². The van der Waals surface area contributed by atoms with Gasteiger partial charge in [-0.15, -0.1) is 0 Å². The minimum absolute atomic E-state index is 0.0231. The van der Waals surface area contributed by atoms with Gasteiger partial charge in [-0.2, -0.15) is 0 Å². The van der Waals surface area contributed by atoms with Gasteiger partial charge in [0, 0.05) is 24.4 Å². The van der Waals surface area contributed by atoms with Gasteiger partial charge in [0.2, 0.25) is 5.91 Å². The number of hydrogen-bond acceptors (Lipinski definition) is 4. The molecule has 0 radical (unpaired) electrons. The number of aliphatic carboxylic acids is 1. The summed E-state index contributed by atoms with van der Waals surface area (Å²) in [6, 6.07) is 0.601. The summed E-state index contributed by atoms with van der Waals surface area (Å²) in [7, 11) is 0. The van der Waals surface area contributed by atoms with E-state index in [4.69, 9.17) is 5.11 Å². The van der Waals surface area contributed by atoms with Crippen molar-refractivity contribution in [1.29, 1.82) is 0 Å². The SMILES string of the molecule is CC(C)(CCC(=O)O)NC(=O)CCC1NC(=O)N(c2ccc(F)cc2F)C1=O. The first-order valence-electron chi connectivity index (χ1n) is 8.62. The van der Waals surface area contributed by atoms with E-state index in [1.165, 1.54) is 0 Å². The van der Waals surface area contributed by atoms with E-state index in [9.17, 15) is 28.0 Å². The molecule has 1 aliphatic rings. The number of imide groups is 1. The minimum atomic E-state index is -1.05. The molecule has 1 unspecified atom stereocenters. The fourth-order valence-corrected chi connectivity index (χ4v) is 2.81. The van der Waals surface area contributed by atoms with Gasteiger partial charge in [-0.1, -0.05) is 0 Å². The van der Waals surface area contributed by atoms with E-state index >= 15 is 0 Å². The molecule has 1 fully saturated rings. The zero-order chi connectivity index (χ0) is 21.1. The molecule has 0 aromatic heterocycles. The lowest BCUT2D eigenvalue weighted by atomic mass is 9.98. The Balaban J connectivity index is 1.95. The van der Waals surface area contributed by atoms with E-state index < -0.39 is 47.0 Å². The number of nitrogens with zero attached hydrogens (tertiary/aromatic N) is 1. The maximum atomic E-state index is 13.9. The summed E-state index contributed by atoms with van der Waals surface area (Å²) < 4.78 is 26.9. The second-order valence-electron chi connectivity index (χ2n) is 7.14. The predicted octanol–water partition coefficient (Wildman–Crippen LogP) is 1.93. The highest BCUT2D eigenvalue weighted by molar-refractivity contribution is 6.21. The quantitative estimate of drug-likeness (QED) is 0.580. The smallest absolute Gasteiger partial charge is 0.329 e. The molecule has 3 N–H and O–H groups in total. The lowest BCUT2D eigenvalue weighted by Crippen LogP contribution is -2.44. The van der Waals surface area contributed by atoms with Gasteiger partial charge in [0.15, 0.2) is 0 Å². The summed E-state index contributed by atoms with van der Waals surface area (Å²) in [6.07, 6.45) is -0.00884. The van der Waals surface area contributed by atoms with Gasteiger partial charge in [0.25, 0.3) is 5.91 Å². The standard InChI is InChI=1S/C18H21F2N3O5/c1-18(2,8-7-15(25)26)22-14(24)6-4-12-16(27)23(17(28)21-12)13-5-3-10(19)9-11(13)20/h3,5,9,12H,4,6-8H2,1-2H3,(H,21,28)(H,22,24)(H,25,26). The number of carbonyl (C=O) groups is 4. The Bertz CT molecular complexity index is 812. The van der Waals surface area contributed by atoms with Gasteiger partial charge in [-0.05, 0) is 38.8 Å². The van der Waals surface area contributed by atoms with Crippen molar-refractivity contribution < 1.29 is 33.1 Å². The zero-order valence-corrected chi connectivity index (χ0v) is 15.4. The van der Waals surface area contributed by atoms with Crippen LogP contribution in [0.4, 0.5) is 19.3 Å². The van der Waals surface area contributed by atoms with Crippen LogP contribution in [0.15, 0.2) is 18.2 Å². The van der Waals surface area contributed by atoms with Crippen LogP contribution in [0.5, 0.6) is 0 Å². The average Bonchev–Trinajstić information content (AvgIpc) is 2.85. The summed E-state index contributed by atoms with van der Waals surface area (Å²) in [5.74, 6) is -4.03. The molecule has 0 bridgehead atoms. The van der Waals surface area contributed by atoms with Crippen LogP contribution in [0.25, 0.3) is 0 Å². The fourth-order valence-electron chi connectivity index (χ4n) is 2.81. The number of anilines is 1. The molecule has 1 saturated heterocycles. The predicted molar refractivity (Wildman–Crippen MR) is 94.5 cm³/mol. The van der Waals surface area contributed by atoms with Crippen LogP contribution in [0, 0.1) is 11.6 Å². The van der Waals surface area contributed by atoms with Crippen LogP contribution >= 0.6 is 0 Å². The molecule has 0 aliphatic carbocycles. The van der Waals surface area contributed by atoms with E-state index in [2.05, 4.69) is 10.6 Å². The molecule has 8 nitrogen and oxygen atoms in total. The van der Waals surface area contributed by atoms with Crippen molar-refractivity contribution in [2.75, 3.05) is 4.90 Å². The molecule has 4 amide bonds. The van der Waals surface area contributed by atoms with Crippen molar-refractivity contribution in [1.82, 2.24) is 10.6 Å². The highest BCUT2D eigenvalue weighted by Gasteiger charge is 2.40. The van der Waals surface area contributed by atoms with Gasteiger partial charge in [-0.25, -0.2) is 18.5 Å². The Labute approximate surface area is 159 Å². The number of carboxylic acid groups (broad SMARTS) is 1. The first-order chi connectivity index (χ1) is 13.0. The van der Waals surface area contributed by atoms with Crippen molar-refractivity contribution in [3.8, 4) is 0 Å². The van der Waals surface area contributed by atoms with Crippen molar-refractivity contribution in [3.63, 3.8) is 0 Å². The van der Waals surface area contributed by atoms with Crippen LogP contribution in [-0.4, -0.2) is 40.5 Å². The zero-order valence-electron chi connectivity index (χ0n) is 15.4. The van der Waals surface area contributed by atoms with E-state index in [1.807, 2.05) is 0 Å². The maximum absolute atomic E-state index is 13.9. The summed E-state index contributed by atoms with van der Waals surface area (Å²) in [4.78, 5) is 47.8. The van der Waals surface area contributed by atoms with Crippen molar-refractivity contribution in [2.45, 2.75) is 51.1 Å². The van der Waals surface area contributed by atoms with Crippen LogP contribution in [0.3, 0.4) is 0 Å². The Morgan fingerprint density at radius 3 is 2.54 bits per heavy atom. The molecule has 1 atom stereocenters. The first-order valence-corrected chi connectivity index (χ1v) is 8.62. The molecule has 0 saturated carbocycles. The number of nitrogens with one attached hydrogen (secondary N) is 2. The summed E-state index contributed by atoms with van der Waals surface area (Å²) >= 11 is 0. The molecule has 2 rings (SSSR count). The summed E-state index contributed by atoms with van der Waals surface area (Å²) in [5, 5.41) is 13.8. The molecular formula is C18H21F2N3O5. The number of urea groups is 1. The lowest BCUT2D eigenvalue weighted by Gasteiger charge is -2.25. The molecule has 28 heavy (non-hydrogen) atoms. The number of rotatable bonds is 8. The number of benzene rings is 1. The monoisotopic (exact) mass is 397 g/mol. The third-order valence-corrected chi connectivity index (χ3v) is 4.27. The van der Waals surface area contributed by atoms with Crippen molar-refractivity contribution in [2.24, 2.45) is 0 Å². The Kier molecular flexibility index (Phi) is 6.32. The Morgan fingerprint density at radius 2 is 1.93 bits per heavy atom. The Morgan fingerprint density at radius 1 is 1.25 bits per heavy atom. The van der Waals surface area contributed by atoms with Gasteiger partial charge >= 0.3 is 12.0 Å². The maximum Gasteiger partial charge on any atom is 0.329 e. The molecule has 1 aliphatic heterocycles. The third kappa shape index (κ3) is 5.24. The summed E-state index contributed by atoms with van der Waals surface area (Å²) in [5.41, 5.74) is -1.12. The molecule has 10 heteroatoms. The molecule has 1 heterocycles. The third-order valence-electron chi connectivity index (χ3n) is 4.27. The molecular weight excluding hydrogens is 376 g/mol. The molecule has 0 spiro atoms. The van der Waals surface area contributed by atoms with Crippen LogP contribution in [0.1, 0.15) is 39.5 Å². The van der Waals surface area contributed by atoms with Gasteiger partial charge in [0.1, 0.15) is 17.7 Å². The van der Waals surface area contributed by atoms with Crippen LogP contribution in [0.2, 0.25) is 0 Å². The van der Waals surface area contributed by atoms with E-state index in [1.54, 1.807) is 13.8 Å². The first kappa shape index (κ1) is 21.3. The topological polar surface area (TPSA) is 116 Å². The van der Waals surface area contributed by atoms with Gasteiger partial charge < -0.3 is 15.7 Å². The highest BCUT2D eigenvalue weighted by atomic mass is 19.1. The lowest BCUT2D eigenvalue weighted by molar-refractivity contribution is -0.138. The largest absolute Gasteiger partial charge is 0.481 e. The highest BCUT2D eigenvalue weighted by Crippen LogP contribution is 2.25. The molecule has 1 aromatic carbocycles. The number of halogens is 2. The van der Waals surface area contributed by atoms with Crippen LogP contribution < -0.4 is 15.5 Å². The van der Waals surface area contributed by atoms with Gasteiger partial charge in [-0.3, -0.25) is 14.4 Å². The normalized spacial score (nSPS) is 16.9. The molecule has 152 valence electrons.